The number of hydrogen-bond donors (Lipinski definition) is 18. The Balaban J connectivity index is 1.58. The first kappa shape index (κ1) is 89.0. The average Bonchev–Trinajstić information content (AvgIpc) is 1.58. The van der Waals surface area contributed by atoms with Crippen LogP contribution in [0.15, 0.2) is 47.8 Å². The summed E-state index contributed by atoms with van der Waals surface area (Å²) in [7, 11) is 0. The van der Waals surface area contributed by atoms with Crippen molar-refractivity contribution in [3.63, 3.8) is 0 Å². The number of aromatic hydroxyl groups is 1. The lowest BCUT2D eigenvalue weighted by Gasteiger charge is -2.35. The third-order valence-electron chi connectivity index (χ3n) is 18.7. The van der Waals surface area contributed by atoms with Crippen LogP contribution in [-0.4, -0.2) is 201 Å². The van der Waals surface area contributed by atoms with Crippen molar-refractivity contribution in [1.82, 2.24) is 63.8 Å². The first-order valence-electron chi connectivity index (χ1n) is 37.1. The molecule has 31 heteroatoms. The van der Waals surface area contributed by atoms with Gasteiger partial charge in [0, 0.05) is 36.4 Å². The highest BCUT2D eigenvalue weighted by Crippen LogP contribution is 2.43. The number of carboxylic acid groups (broad SMARTS) is 1. The fourth-order valence-electron chi connectivity index (χ4n) is 13.4. The Bertz CT molecular complexity index is 3240. The van der Waals surface area contributed by atoms with E-state index in [9.17, 15) is 73.2 Å². The second-order valence-electron chi connectivity index (χ2n) is 30.6. The summed E-state index contributed by atoms with van der Waals surface area (Å²) >= 11 is 0. The number of unbranched alkanes of at least 4 members (excludes halogenated alkanes) is 2. The molecule has 9 amide bonds. The molecule has 0 bridgehead atoms. The van der Waals surface area contributed by atoms with Gasteiger partial charge in [0.25, 0.3) is 0 Å². The van der Waals surface area contributed by atoms with Gasteiger partial charge in [-0.2, -0.15) is 0 Å². The highest BCUT2D eigenvalue weighted by atomic mass is 16.4. The van der Waals surface area contributed by atoms with Gasteiger partial charge >= 0.3 is 5.97 Å². The number of phenols is 1. The minimum Gasteiger partial charge on any atom is -0.508 e. The Kier molecular flexibility index (Phi) is 35.7. The number of hydrogen-bond acceptors (Lipinski definition) is 21. The van der Waals surface area contributed by atoms with Crippen LogP contribution in [0.5, 0.6) is 5.75 Å². The van der Waals surface area contributed by atoms with Gasteiger partial charge in [0.2, 0.25) is 53.2 Å². The Labute approximate surface area is 616 Å². The standard InChI is InChI=1S/C74H120N14O17/c1-39(2)29-50(64(96)87-59(45(12)89)71(103)86-57(31-41(5)6)70(102)83-55(20-15-17-27-76)67(99)84-56(30-40(3)4)69(101)81-44(11)63(95)88-60(46(13)90)72(104)105)51-37-80-74(61(51)93,34-43(9)10)52-38-79-73(62(52)94,33-42(7)8)35-49(92)36-78-65(97)58(32-47-22-24-48(91)25-23-47)85-68(100)54(19-14-16-26-75)82-66(98)53-21-18-28-77-53/h22-25,37-46,50,53-60,77,79-80,89-91H,14-21,26-36,75-76H2,1-13H3,(H,78,97)(H,81,101)(H,82,98)(H,83,102)(H,84,99)(H,85,100)(H,86,103)(H,87,96)(H,88,95)(H,104,105)/t44-,45+,46+,50+,53-,54-,55-,56-,57-,58-,59-,60-,73-,74-/m0/s1. The molecule has 0 spiro atoms. The number of nitrogens with one attached hydrogen (secondary N) is 12. The van der Waals surface area contributed by atoms with E-state index in [0.29, 0.717) is 50.8 Å². The van der Waals surface area contributed by atoms with Crippen molar-refractivity contribution < 1.29 is 82.8 Å². The molecule has 0 aromatic heterocycles. The zero-order valence-corrected chi connectivity index (χ0v) is 63.5. The summed E-state index contributed by atoms with van der Waals surface area (Å²) in [6, 6.07) is -5.51. The number of nitrogens with two attached hydrogens (primary N) is 2. The number of rotatable bonds is 46. The summed E-state index contributed by atoms with van der Waals surface area (Å²) in [5.74, 6) is -12.8. The van der Waals surface area contributed by atoms with Crippen molar-refractivity contribution in [1.29, 1.82) is 0 Å². The molecule has 0 unspecified atom stereocenters. The normalized spacial score (nSPS) is 20.3. The smallest absolute Gasteiger partial charge is 0.328 e. The molecule has 1 aromatic carbocycles. The number of aliphatic hydroxyl groups is 2. The summed E-state index contributed by atoms with van der Waals surface area (Å²) in [5.41, 5.74) is 8.63. The molecule has 4 rings (SSSR count). The zero-order valence-electron chi connectivity index (χ0n) is 63.5. The predicted octanol–water partition coefficient (Wildman–Crippen LogP) is 0.201. The lowest BCUT2D eigenvalue weighted by Crippen LogP contribution is -2.60. The van der Waals surface area contributed by atoms with Crippen LogP contribution in [0.2, 0.25) is 0 Å². The highest BCUT2D eigenvalue weighted by molar-refractivity contribution is 6.20. The summed E-state index contributed by atoms with van der Waals surface area (Å²) in [6.07, 6.45) is 2.82. The minimum absolute atomic E-state index is 0.0110. The molecule has 14 atom stereocenters. The molecular weight excluding hydrogens is 1360 g/mol. The summed E-state index contributed by atoms with van der Waals surface area (Å²) in [5, 5.41) is 73.8. The van der Waals surface area contributed by atoms with E-state index >= 15 is 9.59 Å². The number of aliphatic carboxylic acids is 1. The fourth-order valence-corrected chi connectivity index (χ4v) is 13.4. The zero-order chi connectivity index (χ0) is 78.8. The van der Waals surface area contributed by atoms with Crippen LogP contribution >= 0.6 is 0 Å². The molecule has 0 radical (unpaired) electrons. The van der Waals surface area contributed by atoms with E-state index in [0.717, 1.165) is 6.42 Å². The van der Waals surface area contributed by atoms with Crippen LogP contribution in [0.3, 0.4) is 0 Å². The van der Waals surface area contributed by atoms with Gasteiger partial charge in [-0.3, -0.25) is 57.5 Å². The van der Waals surface area contributed by atoms with E-state index in [-0.39, 0.29) is 110 Å². The molecule has 1 aromatic rings. The maximum Gasteiger partial charge on any atom is 0.328 e. The number of amides is 9. The van der Waals surface area contributed by atoms with Crippen LogP contribution < -0.4 is 75.3 Å². The summed E-state index contributed by atoms with van der Waals surface area (Å²) < 4.78 is 0. The number of ketones is 3. The molecule has 0 aliphatic carbocycles. The molecule has 588 valence electrons. The van der Waals surface area contributed by atoms with Crippen LogP contribution in [-0.2, 0) is 68.7 Å². The molecular formula is C74H120N14O17. The first-order chi connectivity index (χ1) is 49.3. The van der Waals surface area contributed by atoms with Crippen LogP contribution in [0.25, 0.3) is 0 Å². The molecule has 3 heterocycles. The molecule has 20 N–H and O–H groups in total. The van der Waals surface area contributed by atoms with Crippen LogP contribution in [0.1, 0.15) is 185 Å². The Morgan fingerprint density at radius 1 is 0.533 bits per heavy atom. The van der Waals surface area contributed by atoms with Crippen molar-refractivity contribution in [3.05, 3.63) is 53.4 Å². The van der Waals surface area contributed by atoms with Gasteiger partial charge in [0.05, 0.1) is 30.7 Å². The molecule has 3 aliphatic heterocycles. The monoisotopic (exact) mass is 1480 g/mol. The van der Waals surface area contributed by atoms with Gasteiger partial charge in [-0.15, -0.1) is 0 Å². The van der Waals surface area contributed by atoms with E-state index in [2.05, 4.69) is 63.8 Å². The number of Topliss-reactive ketones (excluding diaryl/α,β-unsaturated/α-hetero) is 3. The Hall–Kier alpha value is -8.39. The van der Waals surface area contributed by atoms with Gasteiger partial charge in [-0.25, -0.2) is 4.79 Å². The minimum atomic E-state index is -1.79. The van der Waals surface area contributed by atoms with E-state index in [1.165, 1.54) is 45.3 Å². The molecule has 1 saturated heterocycles. The average molecular weight is 1480 g/mol. The second kappa shape index (κ2) is 42.1. The van der Waals surface area contributed by atoms with Crippen LogP contribution in [0.4, 0.5) is 0 Å². The third kappa shape index (κ3) is 26.9. The highest BCUT2D eigenvalue weighted by Gasteiger charge is 2.58. The van der Waals surface area contributed by atoms with E-state index in [1.807, 2.05) is 41.5 Å². The molecule has 31 nitrogen and oxygen atoms in total. The lowest BCUT2D eigenvalue weighted by molar-refractivity contribution is -0.145. The number of carboxylic acids is 1. The Morgan fingerprint density at radius 3 is 1.54 bits per heavy atom. The van der Waals surface area contributed by atoms with Crippen molar-refractivity contribution in [2.75, 3.05) is 26.2 Å². The van der Waals surface area contributed by atoms with Gasteiger partial charge in [0.1, 0.15) is 59.1 Å². The van der Waals surface area contributed by atoms with Gasteiger partial charge in [0.15, 0.2) is 23.4 Å². The van der Waals surface area contributed by atoms with Gasteiger partial charge in [-0.1, -0.05) is 81.4 Å². The van der Waals surface area contributed by atoms with E-state index in [4.69, 9.17) is 11.5 Å². The topological polar surface area (TPSA) is 499 Å². The van der Waals surface area contributed by atoms with Crippen LogP contribution in [0, 0.1) is 35.5 Å². The molecule has 0 saturated carbocycles. The van der Waals surface area contributed by atoms with Crippen molar-refractivity contribution >= 4 is 76.5 Å². The Morgan fingerprint density at radius 2 is 1.04 bits per heavy atom. The third-order valence-corrected chi connectivity index (χ3v) is 18.7. The van der Waals surface area contributed by atoms with Crippen molar-refractivity contribution in [2.45, 2.75) is 264 Å². The largest absolute Gasteiger partial charge is 0.508 e. The second-order valence-corrected chi connectivity index (χ2v) is 30.6. The number of aliphatic hydroxyl groups excluding tert-OH is 2. The van der Waals surface area contributed by atoms with E-state index < -0.39 is 167 Å². The van der Waals surface area contributed by atoms with E-state index in [1.54, 1.807) is 39.8 Å². The molecule has 105 heavy (non-hydrogen) atoms. The van der Waals surface area contributed by atoms with Crippen molar-refractivity contribution in [2.24, 2.45) is 47.0 Å². The number of benzene rings is 1. The fraction of sp³-hybridized carbons (Fsp3) is 0.689. The summed E-state index contributed by atoms with van der Waals surface area (Å²) in [6.45, 7) is 22.5. The number of carbonyl (C=O) groups is 13. The lowest BCUT2D eigenvalue weighted by atomic mass is 9.71. The molecule has 1 fully saturated rings. The maximum atomic E-state index is 15.6. The summed E-state index contributed by atoms with van der Waals surface area (Å²) in [4.78, 5) is 184. The van der Waals surface area contributed by atoms with Gasteiger partial charge in [-0.05, 0) is 171 Å². The first-order valence-corrected chi connectivity index (χ1v) is 37.1. The maximum absolute atomic E-state index is 15.6. The quantitative estimate of drug-likeness (QED) is 0.0388. The predicted molar refractivity (Wildman–Crippen MR) is 392 cm³/mol. The number of phenolic OH excluding ortho intramolecular Hbond substituents is 1. The van der Waals surface area contributed by atoms with Gasteiger partial charge < -0.3 is 95.7 Å². The molecule has 3 aliphatic rings. The van der Waals surface area contributed by atoms with Crippen molar-refractivity contribution in [3.8, 4) is 5.75 Å². The SMILES string of the molecule is CC(C)C[C@@H](C(=O)N[C@H](C(=O)N[C@@H](CC(C)C)C(=O)N[C@@H](CCCCN)C(=O)N[C@@H](CC(C)C)C(=O)N[C@@H](C)C(=O)N[C@H](C(=O)O)[C@@H](C)O)[C@@H](C)O)C1=CN[C@@](CC(C)C)(C2=CN[C@](CC(=O)CNC(=O)[C@H](Cc3ccc(O)cc3)NC(=O)[C@H](CCCCN)NC(=O)[C@@H]3CCCN3)(CC(C)C)C2=O)C1=O. The number of carbonyl (C=O) groups excluding carboxylic acids is 12.